The normalized spacial score (nSPS) is 17.5. The first kappa shape index (κ1) is 32.9. The van der Waals surface area contributed by atoms with E-state index in [-0.39, 0.29) is 59.3 Å². The summed E-state index contributed by atoms with van der Waals surface area (Å²) in [6, 6.07) is 21.7. The van der Waals surface area contributed by atoms with Crippen LogP contribution in [0.3, 0.4) is 0 Å². The van der Waals surface area contributed by atoms with E-state index < -0.39 is 33.8 Å². The van der Waals surface area contributed by atoms with Gasteiger partial charge in [-0.3, -0.25) is 9.69 Å². The topological polar surface area (TPSA) is 128 Å². The average Bonchev–Trinajstić information content (AvgIpc) is 3.02. The first-order chi connectivity index (χ1) is 22.0. The number of anilines is 2. The van der Waals surface area contributed by atoms with E-state index in [1.54, 1.807) is 48.0 Å². The molecule has 46 heavy (non-hydrogen) atoms. The molecule has 1 heterocycles. The Hall–Kier alpha value is -4.52. The molecule has 4 aromatic carbocycles. The zero-order valence-electron chi connectivity index (χ0n) is 25.8. The Labute approximate surface area is 267 Å². The van der Waals surface area contributed by atoms with Gasteiger partial charge in [0.25, 0.3) is 5.91 Å². The molecule has 10 nitrogen and oxygen atoms in total. The number of urea groups is 1. The van der Waals surface area contributed by atoms with Crippen LogP contribution in [0.25, 0.3) is 10.8 Å². The van der Waals surface area contributed by atoms with Gasteiger partial charge in [0.05, 0.1) is 34.5 Å². The highest BCUT2D eigenvalue weighted by atomic mass is 32.2. The SMILES string of the molecule is CC1CN(C(C)CO)C(=O)c2cccc(NC(=O)Nc3cccc4ccccc34)c2OC1CN(C)CS(=O)(=O)c1ccc(F)cc1. The van der Waals surface area contributed by atoms with Crippen LogP contribution in [-0.2, 0) is 9.84 Å². The number of rotatable bonds is 9. The van der Waals surface area contributed by atoms with E-state index in [1.807, 2.05) is 43.3 Å². The summed E-state index contributed by atoms with van der Waals surface area (Å²) >= 11 is 0. The molecular weight excluding hydrogens is 611 g/mol. The highest BCUT2D eigenvalue weighted by molar-refractivity contribution is 7.91. The second kappa shape index (κ2) is 13.9. The van der Waals surface area contributed by atoms with Crippen molar-refractivity contribution in [1.82, 2.24) is 9.80 Å². The van der Waals surface area contributed by atoms with Crippen molar-refractivity contribution in [3.05, 3.63) is 96.3 Å². The molecule has 0 aromatic heterocycles. The van der Waals surface area contributed by atoms with Crippen molar-refractivity contribution >= 4 is 43.9 Å². The van der Waals surface area contributed by atoms with Gasteiger partial charge in [-0.25, -0.2) is 17.6 Å². The minimum Gasteiger partial charge on any atom is -0.486 e. The molecule has 0 aliphatic carbocycles. The number of carbonyl (C=O) groups excluding carboxylic acids is 2. The lowest BCUT2D eigenvalue weighted by Crippen LogP contribution is -2.50. The molecule has 0 fully saturated rings. The molecule has 3 unspecified atom stereocenters. The lowest BCUT2D eigenvalue weighted by molar-refractivity contribution is 0.0361. The quantitative estimate of drug-likeness (QED) is 0.213. The van der Waals surface area contributed by atoms with Crippen molar-refractivity contribution in [2.75, 3.05) is 43.3 Å². The number of hydrogen-bond acceptors (Lipinski definition) is 7. The standard InChI is InChI=1S/C34H37FN4O6S/c1-22-18-39(23(2)20-40)33(41)28-11-7-13-30(37-34(42)36-29-12-6-9-24-8-4-5-10-27(24)29)32(28)45-31(22)19-38(3)21-46(43,44)26-16-14-25(35)15-17-26/h4-17,22-23,31,40H,18-21H2,1-3H3,(H2,36,37,42). The van der Waals surface area contributed by atoms with Crippen LogP contribution in [0.4, 0.5) is 20.6 Å². The van der Waals surface area contributed by atoms with Crippen molar-refractivity contribution in [3.63, 3.8) is 0 Å². The molecule has 3 amide bonds. The third-order valence-electron chi connectivity index (χ3n) is 8.03. The van der Waals surface area contributed by atoms with Crippen molar-refractivity contribution in [2.24, 2.45) is 5.92 Å². The van der Waals surface area contributed by atoms with E-state index in [4.69, 9.17) is 4.74 Å². The van der Waals surface area contributed by atoms with Gasteiger partial charge in [0.2, 0.25) is 0 Å². The first-order valence-electron chi connectivity index (χ1n) is 14.9. The Morgan fingerprint density at radius 1 is 1.02 bits per heavy atom. The lowest BCUT2D eigenvalue weighted by atomic mass is 9.99. The largest absolute Gasteiger partial charge is 0.486 e. The van der Waals surface area contributed by atoms with Crippen molar-refractivity contribution in [1.29, 1.82) is 0 Å². The fourth-order valence-corrected chi connectivity index (χ4v) is 6.92. The van der Waals surface area contributed by atoms with Crippen molar-refractivity contribution in [2.45, 2.75) is 30.9 Å². The van der Waals surface area contributed by atoms with Crippen LogP contribution in [0.15, 0.2) is 89.8 Å². The monoisotopic (exact) mass is 648 g/mol. The number of amides is 3. The van der Waals surface area contributed by atoms with Crippen molar-refractivity contribution in [3.8, 4) is 5.75 Å². The van der Waals surface area contributed by atoms with E-state index in [9.17, 15) is 27.5 Å². The minimum absolute atomic E-state index is 0.00466. The number of aliphatic hydroxyl groups excluding tert-OH is 1. The third kappa shape index (κ3) is 7.30. The van der Waals surface area contributed by atoms with Gasteiger partial charge in [-0.05, 0) is 61.8 Å². The molecule has 3 atom stereocenters. The average molecular weight is 649 g/mol. The van der Waals surface area contributed by atoms with Gasteiger partial charge in [-0.15, -0.1) is 0 Å². The number of likely N-dealkylation sites (N-methyl/N-ethyl adjacent to an activating group) is 1. The van der Waals surface area contributed by atoms with Gasteiger partial charge in [0.15, 0.2) is 15.6 Å². The number of nitrogens with one attached hydrogen (secondary N) is 2. The molecule has 242 valence electrons. The van der Waals surface area contributed by atoms with Crippen LogP contribution in [0.1, 0.15) is 24.2 Å². The molecule has 12 heteroatoms. The maximum atomic E-state index is 13.8. The lowest BCUT2D eigenvalue weighted by Gasteiger charge is -2.38. The number of halogens is 1. The number of sulfone groups is 1. The number of ether oxygens (including phenoxy) is 1. The maximum absolute atomic E-state index is 13.8. The van der Waals surface area contributed by atoms with Gasteiger partial charge in [0.1, 0.15) is 17.8 Å². The number of benzene rings is 4. The van der Waals surface area contributed by atoms with Gasteiger partial charge in [-0.1, -0.05) is 49.4 Å². The summed E-state index contributed by atoms with van der Waals surface area (Å²) in [4.78, 5) is 30.2. The van der Waals surface area contributed by atoms with Crippen LogP contribution < -0.4 is 15.4 Å². The zero-order chi connectivity index (χ0) is 33.0. The summed E-state index contributed by atoms with van der Waals surface area (Å²) in [7, 11) is -2.15. The molecule has 5 rings (SSSR count). The van der Waals surface area contributed by atoms with Gasteiger partial charge < -0.3 is 25.4 Å². The summed E-state index contributed by atoms with van der Waals surface area (Å²) in [6.07, 6.45) is -0.627. The highest BCUT2D eigenvalue weighted by Crippen LogP contribution is 2.35. The second-order valence-electron chi connectivity index (χ2n) is 11.6. The molecule has 3 N–H and O–H groups in total. The fraction of sp³-hybridized carbons (Fsp3) is 0.294. The van der Waals surface area contributed by atoms with E-state index >= 15 is 0 Å². The first-order valence-corrected chi connectivity index (χ1v) is 16.6. The Bertz CT molecular complexity index is 1830. The number of aliphatic hydroxyl groups is 1. The number of fused-ring (bicyclic) bond motifs is 2. The molecule has 1 aliphatic rings. The molecule has 0 spiro atoms. The molecule has 0 saturated carbocycles. The zero-order valence-corrected chi connectivity index (χ0v) is 26.6. The molecule has 0 saturated heterocycles. The van der Waals surface area contributed by atoms with Crippen LogP contribution in [-0.4, -0.2) is 80.0 Å². The van der Waals surface area contributed by atoms with Crippen LogP contribution in [0.2, 0.25) is 0 Å². The molecule has 4 aromatic rings. The molecule has 1 aliphatic heterocycles. The van der Waals surface area contributed by atoms with Gasteiger partial charge >= 0.3 is 6.03 Å². The predicted molar refractivity (Wildman–Crippen MR) is 175 cm³/mol. The predicted octanol–water partition coefficient (Wildman–Crippen LogP) is 5.21. The molecule has 0 radical (unpaired) electrons. The molecular formula is C34H37FN4O6S. The third-order valence-corrected chi connectivity index (χ3v) is 9.80. The van der Waals surface area contributed by atoms with E-state index in [0.29, 0.717) is 5.69 Å². The number of hydrogen-bond donors (Lipinski definition) is 3. The Balaban J connectivity index is 1.43. The van der Waals surface area contributed by atoms with Gasteiger partial charge in [0, 0.05) is 24.4 Å². The van der Waals surface area contributed by atoms with Crippen LogP contribution >= 0.6 is 0 Å². The number of carbonyl (C=O) groups is 2. The second-order valence-corrected chi connectivity index (χ2v) is 13.6. The Morgan fingerprint density at radius 3 is 2.41 bits per heavy atom. The van der Waals surface area contributed by atoms with E-state index in [1.165, 1.54) is 12.1 Å². The Kier molecular flexibility index (Phi) is 9.90. The summed E-state index contributed by atoms with van der Waals surface area (Å²) in [5.41, 5.74) is 1.05. The summed E-state index contributed by atoms with van der Waals surface area (Å²) in [5, 5.41) is 17.5. The highest BCUT2D eigenvalue weighted by Gasteiger charge is 2.35. The maximum Gasteiger partial charge on any atom is 0.323 e. The summed E-state index contributed by atoms with van der Waals surface area (Å²) in [5.74, 6) is -1.43. The fourth-order valence-electron chi connectivity index (χ4n) is 5.54. The van der Waals surface area contributed by atoms with Crippen LogP contribution in [0, 0.1) is 11.7 Å². The smallest absolute Gasteiger partial charge is 0.323 e. The van der Waals surface area contributed by atoms with Gasteiger partial charge in [-0.2, -0.15) is 0 Å². The van der Waals surface area contributed by atoms with Crippen molar-refractivity contribution < 1.29 is 32.2 Å². The van der Waals surface area contributed by atoms with E-state index in [2.05, 4.69) is 10.6 Å². The molecule has 0 bridgehead atoms. The van der Waals surface area contributed by atoms with Crippen LogP contribution in [0.5, 0.6) is 5.75 Å². The number of para-hydroxylation sites is 1. The minimum atomic E-state index is -3.79. The van der Waals surface area contributed by atoms with E-state index in [0.717, 1.165) is 22.9 Å². The summed E-state index contributed by atoms with van der Waals surface area (Å²) < 4.78 is 46.1. The summed E-state index contributed by atoms with van der Waals surface area (Å²) in [6.45, 7) is 3.74. The number of nitrogens with zero attached hydrogens (tertiary/aromatic N) is 2. The Morgan fingerprint density at radius 2 is 1.67 bits per heavy atom.